The van der Waals surface area contributed by atoms with Crippen LogP contribution in [0.15, 0.2) is 18.2 Å². The molecule has 0 saturated heterocycles. The summed E-state index contributed by atoms with van der Waals surface area (Å²) < 4.78 is 0. The smallest absolute Gasteiger partial charge is 0.243 e. The van der Waals surface area contributed by atoms with Crippen molar-refractivity contribution in [3.05, 3.63) is 29.3 Å². The number of nitrogens with two attached hydrogens (primary N) is 1. The zero-order chi connectivity index (χ0) is 12.3. The average molecular weight is 217 g/mol. The first-order chi connectivity index (χ1) is 7.34. The second-order valence-electron chi connectivity index (χ2n) is 4.32. The standard InChI is InChI=1S/C12H15N3O/c1-8-6-10(5-4-9(8)7-13)15-11(16)12(2,3)14/h4-6H,14H2,1-3H3,(H,15,16). The Morgan fingerprint density at radius 2 is 2.12 bits per heavy atom. The number of carbonyl (C=O) groups is 1. The highest BCUT2D eigenvalue weighted by Gasteiger charge is 2.21. The van der Waals surface area contributed by atoms with Gasteiger partial charge >= 0.3 is 0 Å². The average Bonchev–Trinajstić information content (AvgIpc) is 2.16. The molecule has 3 N–H and O–H groups in total. The minimum absolute atomic E-state index is 0.253. The summed E-state index contributed by atoms with van der Waals surface area (Å²) in [6.45, 7) is 5.10. The van der Waals surface area contributed by atoms with E-state index in [4.69, 9.17) is 11.0 Å². The summed E-state index contributed by atoms with van der Waals surface area (Å²) in [5.41, 5.74) is 6.83. The molecule has 1 aromatic carbocycles. The van der Waals surface area contributed by atoms with Gasteiger partial charge in [-0.3, -0.25) is 4.79 Å². The van der Waals surface area contributed by atoms with E-state index >= 15 is 0 Å². The first-order valence-corrected chi connectivity index (χ1v) is 4.95. The molecule has 4 nitrogen and oxygen atoms in total. The molecule has 16 heavy (non-hydrogen) atoms. The lowest BCUT2D eigenvalue weighted by Gasteiger charge is -2.18. The molecular formula is C12H15N3O. The van der Waals surface area contributed by atoms with Crippen LogP contribution < -0.4 is 11.1 Å². The molecule has 1 rings (SSSR count). The molecule has 0 atom stereocenters. The molecule has 0 saturated carbocycles. The van der Waals surface area contributed by atoms with Crippen molar-refractivity contribution in [2.75, 3.05) is 5.32 Å². The molecule has 0 fully saturated rings. The lowest BCUT2D eigenvalue weighted by atomic mass is 10.1. The predicted octanol–water partition coefficient (Wildman–Crippen LogP) is 1.54. The highest BCUT2D eigenvalue weighted by atomic mass is 16.2. The molecule has 84 valence electrons. The van der Waals surface area contributed by atoms with E-state index in [0.717, 1.165) is 5.56 Å². The summed E-state index contributed by atoms with van der Waals surface area (Å²) in [5.74, 6) is -0.253. The van der Waals surface area contributed by atoms with Crippen molar-refractivity contribution in [2.24, 2.45) is 5.73 Å². The Bertz CT molecular complexity index is 452. The van der Waals surface area contributed by atoms with E-state index in [0.29, 0.717) is 11.3 Å². The van der Waals surface area contributed by atoms with Crippen LogP contribution in [0, 0.1) is 18.3 Å². The normalized spacial score (nSPS) is 10.7. The predicted molar refractivity (Wildman–Crippen MR) is 62.8 cm³/mol. The van der Waals surface area contributed by atoms with Crippen molar-refractivity contribution in [3.63, 3.8) is 0 Å². The largest absolute Gasteiger partial charge is 0.325 e. The Morgan fingerprint density at radius 3 is 2.56 bits per heavy atom. The number of hydrogen-bond acceptors (Lipinski definition) is 3. The van der Waals surface area contributed by atoms with E-state index in [1.54, 1.807) is 32.0 Å². The summed E-state index contributed by atoms with van der Waals surface area (Å²) in [4.78, 5) is 11.6. The van der Waals surface area contributed by atoms with Gasteiger partial charge in [-0.05, 0) is 44.5 Å². The number of nitrogens with zero attached hydrogens (tertiary/aromatic N) is 1. The van der Waals surface area contributed by atoms with Crippen molar-refractivity contribution >= 4 is 11.6 Å². The van der Waals surface area contributed by atoms with Crippen molar-refractivity contribution in [3.8, 4) is 6.07 Å². The zero-order valence-electron chi connectivity index (χ0n) is 9.66. The van der Waals surface area contributed by atoms with Gasteiger partial charge in [-0.2, -0.15) is 5.26 Å². The second kappa shape index (κ2) is 4.33. The van der Waals surface area contributed by atoms with E-state index in [9.17, 15) is 4.79 Å². The van der Waals surface area contributed by atoms with Crippen molar-refractivity contribution in [1.82, 2.24) is 0 Å². The van der Waals surface area contributed by atoms with Crippen LogP contribution in [0.1, 0.15) is 25.0 Å². The molecule has 0 unspecified atom stereocenters. The van der Waals surface area contributed by atoms with Crippen LogP contribution in [0.3, 0.4) is 0 Å². The molecule has 1 aromatic rings. The van der Waals surface area contributed by atoms with Gasteiger partial charge in [-0.1, -0.05) is 0 Å². The topological polar surface area (TPSA) is 78.9 Å². The highest BCUT2D eigenvalue weighted by Crippen LogP contribution is 2.15. The van der Waals surface area contributed by atoms with Gasteiger partial charge in [0.2, 0.25) is 5.91 Å². The molecule has 0 aliphatic rings. The number of rotatable bonds is 2. The fourth-order valence-electron chi connectivity index (χ4n) is 1.16. The first kappa shape index (κ1) is 12.2. The number of nitrogens with one attached hydrogen (secondary N) is 1. The SMILES string of the molecule is Cc1cc(NC(=O)C(C)(C)N)ccc1C#N. The Balaban J connectivity index is 2.89. The number of benzene rings is 1. The van der Waals surface area contributed by atoms with Crippen LogP contribution in [0.5, 0.6) is 0 Å². The second-order valence-corrected chi connectivity index (χ2v) is 4.32. The van der Waals surface area contributed by atoms with Gasteiger partial charge in [-0.15, -0.1) is 0 Å². The number of nitriles is 1. The van der Waals surface area contributed by atoms with E-state index in [1.807, 2.05) is 6.92 Å². The molecular weight excluding hydrogens is 202 g/mol. The quantitative estimate of drug-likeness (QED) is 0.788. The fraction of sp³-hybridized carbons (Fsp3) is 0.333. The maximum atomic E-state index is 11.6. The van der Waals surface area contributed by atoms with Crippen LogP contribution in [0.4, 0.5) is 5.69 Å². The molecule has 0 aliphatic carbocycles. The van der Waals surface area contributed by atoms with E-state index in [-0.39, 0.29) is 5.91 Å². The van der Waals surface area contributed by atoms with Gasteiger partial charge in [0.15, 0.2) is 0 Å². The molecule has 0 bridgehead atoms. The number of amides is 1. The van der Waals surface area contributed by atoms with Gasteiger partial charge in [0.05, 0.1) is 17.2 Å². The monoisotopic (exact) mass is 217 g/mol. The minimum atomic E-state index is -0.915. The Labute approximate surface area is 95.1 Å². The third-order valence-corrected chi connectivity index (χ3v) is 2.19. The fourth-order valence-corrected chi connectivity index (χ4v) is 1.16. The Hall–Kier alpha value is -1.86. The van der Waals surface area contributed by atoms with Gasteiger partial charge in [0.1, 0.15) is 0 Å². The van der Waals surface area contributed by atoms with Crippen LogP contribution in [0.2, 0.25) is 0 Å². The molecule has 0 aromatic heterocycles. The van der Waals surface area contributed by atoms with Crippen LogP contribution >= 0.6 is 0 Å². The zero-order valence-corrected chi connectivity index (χ0v) is 9.66. The van der Waals surface area contributed by atoms with Crippen molar-refractivity contribution in [1.29, 1.82) is 5.26 Å². The third-order valence-electron chi connectivity index (χ3n) is 2.19. The van der Waals surface area contributed by atoms with Crippen LogP contribution in [-0.4, -0.2) is 11.4 Å². The molecule has 4 heteroatoms. The van der Waals surface area contributed by atoms with E-state index in [1.165, 1.54) is 0 Å². The number of anilines is 1. The first-order valence-electron chi connectivity index (χ1n) is 4.95. The molecule has 0 heterocycles. The van der Waals surface area contributed by atoms with Gasteiger partial charge in [0.25, 0.3) is 0 Å². The number of aryl methyl sites for hydroxylation is 1. The van der Waals surface area contributed by atoms with Crippen molar-refractivity contribution in [2.45, 2.75) is 26.3 Å². The molecule has 0 spiro atoms. The number of carbonyl (C=O) groups excluding carboxylic acids is 1. The van der Waals surface area contributed by atoms with Crippen molar-refractivity contribution < 1.29 is 4.79 Å². The molecule has 0 radical (unpaired) electrons. The van der Waals surface area contributed by atoms with E-state index < -0.39 is 5.54 Å². The summed E-state index contributed by atoms with van der Waals surface area (Å²) in [5, 5.41) is 11.5. The number of hydrogen-bond donors (Lipinski definition) is 2. The maximum absolute atomic E-state index is 11.6. The Morgan fingerprint density at radius 1 is 1.50 bits per heavy atom. The third kappa shape index (κ3) is 2.81. The van der Waals surface area contributed by atoms with Gasteiger partial charge < -0.3 is 11.1 Å². The van der Waals surface area contributed by atoms with Gasteiger partial charge in [-0.25, -0.2) is 0 Å². The van der Waals surface area contributed by atoms with Crippen LogP contribution in [0.25, 0.3) is 0 Å². The minimum Gasteiger partial charge on any atom is -0.325 e. The lowest BCUT2D eigenvalue weighted by Crippen LogP contribution is -2.45. The molecule has 0 aliphatic heterocycles. The summed E-state index contributed by atoms with van der Waals surface area (Å²) >= 11 is 0. The summed E-state index contributed by atoms with van der Waals surface area (Å²) in [6.07, 6.45) is 0. The summed E-state index contributed by atoms with van der Waals surface area (Å²) in [7, 11) is 0. The summed E-state index contributed by atoms with van der Waals surface area (Å²) in [6, 6.07) is 7.19. The van der Waals surface area contributed by atoms with E-state index in [2.05, 4.69) is 11.4 Å². The highest BCUT2D eigenvalue weighted by molar-refractivity contribution is 5.97. The maximum Gasteiger partial charge on any atom is 0.243 e. The lowest BCUT2D eigenvalue weighted by molar-refractivity contribution is -0.120. The Kier molecular flexibility index (Phi) is 3.31. The molecule has 1 amide bonds. The van der Waals surface area contributed by atoms with Gasteiger partial charge in [0, 0.05) is 5.69 Å². The van der Waals surface area contributed by atoms with Crippen LogP contribution in [-0.2, 0) is 4.79 Å².